The van der Waals surface area contributed by atoms with Gasteiger partial charge in [-0.1, -0.05) is 64.4 Å². The molecule has 0 aromatic heterocycles. The summed E-state index contributed by atoms with van der Waals surface area (Å²) in [6, 6.07) is 22.4. The number of unbranched alkanes of at least 4 members (excludes halogenated alkanes) is 1. The van der Waals surface area contributed by atoms with Crippen LogP contribution in [0.5, 0.6) is 17.2 Å². The lowest BCUT2D eigenvalue weighted by molar-refractivity contribution is 0.0734. The van der Waals surface area contributed by atoms with Crippen molar-refractivity contribution in [3.63, 3.8) is 0 Å². The molecular weight excluding hydrogens is 464 g/mol. The second-order valence-electron chi connectivity index (χ2n) is 10.1. The van der Waals surface area contributed by atoms with Crippen LogP contribution in [0.1, 0.15) is 73.5 Å². The highest BCUT2D eigenvalue weighted by Crippen LogP contribution is 2.44. The second-order valence-corrected chi connectivity index (χ2v) is 10.1. The number of hydrogen-bond acceptors (Lipinski definition) is 6. The maximum Gasteiger partial charge on any atom is 0.343 e. The number of carbonyl (C=O) groups is 1. The highest BCUT2D eigenvalue weighted by Gasteiger charge is 2.31. The minimum absolute atomic E-state index is 0.00825. The van der Waals surface area contributed by atoms with E-state index >= 15 is 0 Å². The van der Waals surface area contributed by atoms with Gasteiger partial charge in [0.2, 0.25) is 5.88 Å². The molecule has 1 heterocycles. The number of ether oxygens (including phenoxy) is 3. The zero-order valence-corrected chi connectivity index (χ0v) is 21.7. The number of rotatable bonds is 7. The van der Waals surface area contributed by atoms with Crippen molar-refractivity contribution in [1.29, 1.82) is 5.26 Å². The van der Waals surface area contributed by atoms with Crippen LogP contribution in [0.3, 0.4) is 0 Å². The van der Waals surface area contributed by atoms with Crippen molar-refractivity contribution in [2.75, 3.05) is 6.61 Å². The van der Waals surface area contributed by atoms with Gasteiger partial charge in [-0.3, -0.25) is 0 Å². The van der Waals surface area contributed by atoms with Crippen molar-refractivity contribution < 1.29 is 19.0 Å². The highest BCUT2D eigenvalue weighted by atomic mass is 16.5. The van der Waals surface area contributed by atoms with Gasteiger partial charge in [-0.15, -0.1) is 0 Å². The highest BCUT2D eigenvalue weighted by molar-refractivity contribution is 5.91. The van der Waals surface area contributed by atoms with Gasteiger partial charge in [-0.25, -0.2) is 4.79 Å². The molecular formula is C31H32N2O4. The molecule has 3 aromatic carbocycles. The third-order valence-electron chi connectivity index (χ3n) is 6.35. The molecule has 6 heteroatoms. The molecule has 0 spiro atoms. The average molecular weight is 497 g/mol. The van der Waals surface area contributed by atoms with E-state index in [9.17, 15) is 10.1 Å². The molecule has 1 unspecified atom stereocenters. The van der Waals surface area contributed by atoms with Gasteiger partial charge in [0.1, 0.15) is 28.9 Å². The molecule has 1 atom stereocenters. The Morgan fingerprint density at radius 1 is 1.05 bits per heavy atom. The SMILES string of the molecule is CCCCOc1cccc(C2C(C#N)=C(N)Oc3cc(OC(=O)c4ccc(C(C)(C)C)cc4)ccc32)c1. The molecule has 0 saturated heterocycles. The fraction of sp³-hybridized carbons (Fsp3) is 0.290. The number of allylic oxidation sites excluding steroid dienone is 1. The first-order valence-corrected chi connectivity index (χ1v) is 12.5. The number of nitrogens with zero attached hydrogens (tertiary/aromatic N) is 1. The van der Waals surface area contributed by atoms with Crippen LogP contribution < -0.4 is 19.9 Å². The number of hydrogen-bond donors (Lipinski definition) is 1. The number of carbonyl (C=O) groups excluding carboxylic acids is 1. The molecule has 0 fully saturated rings. The maximum atomic E-state index is 12.8. The van der Waals surface area contributed by atoms with Crippen molar-refractivity contribution >= 4 is 5.97 Å². The Morgan fingerprint density at radius 3 is 2.49 bits per heavy atom. The van der Waals surface area contributed by atoms with Crippen molar-refractivity contribution in [1.82, 2.24) is 0 Å². The zero-order valence-electron chi connectivity index (χ0n) is 21.7. The Morgan fingerprint density at radius 2 is 1.81 bits per heavy atom. The largest absolute Gasteiger partial charge is 0.494 e. The lowest BCUT2D eigenvalue weighted by Gasteiger charge is -2.27. The molecule has 2 N–H and O–H groups in total. The van der Waals surface area contributed by atoms with Gasteiger partial charge >= 0.3 is 5.97 Å². The molecule has 4 rings (SSSR count). The first-order valence-electron chi connectivity index (χ1n) is 12.5. The summed E-state index contributed by atoms with van der Waals surface area (Å²) in [5, 5.41) is 9.86. The number of nitriles is 1. The van der Waals surface area contributed by atoms with E-state index in [0.717, 1.165) is 35.3 Å². The van der Waals surface area contributed by atoms with E-state index in [-0.39, 0.29) is 11.3 Å². The van der Waals surface area contributed by atoms with Crippen LogP contribution in [0, 0.1) is 11.3 Å². The summed E-state index contributed by atoms with van der Waals surface area (Å²) in [7, 11) is 0. The normalized spacial score (nSPS) is 14.8. The van der Waals surface area contributed by atoms with Crippen molar-refractivity contribution in [3.8, 4) is 23.3 Å². The minimum atomic E-state index is -0.467. The lowest BCUT2D eigenvalue weighted by Crippen LogP contribution is -2.21. The topological polar surface area (TPSA) is 94.6 Å². The number of nitrogens with two attached hydrogens (primary N) is 1. The molecule has 190 valence electrons. The summed E-state index contributed by atoms with van der Waals surface area (Å²) in [5.41, 5.74) is 9.67. The van der Waals surface area contributed by atoms with Crippen LogP contribution in [0.25, 0.3) is 0 Å². The lowest BCUT2D eigenvalue weighted by atomic mass is 9.83. The summed E-state index contributed by atoms with van der Waals surface area (Å²) in [6.45, 7) is 9.09. The van der Waals surface area contributed by atoms with E-state index in [0.29, 0.717) is 29.2 Å². The van der Waals surface area contributed by atoms with E-state index < -0.39 is 11.9 Å². The number of esters is 1. The van der Waals surface area contributed by atoms with E-state index in [1.54, 1.807) is 30.3 Å². The van der Waals surface area contributed by atoms with E-state index in [1.807, 2.05) is 36.4 Å². The third-order valence-corrected chi connectivity index (χ3v) is 6.35. The predicted molar refractivity (Wildman–Crippen MR) is 143 cm³/mol. The number of benzene rings is 3. The molecule has 0 saturated carbocycles. The van der Waals surface area contributed by atoms with Crippen LogP contribution in [0.2, 0.25) is 0 Å². The molecule has 0 amide bonds. The summed E-state index contributed by atoms with van der Waals surface area (Å²) in [5.74, 6) is 0.625. The molecule has 0 radical (unpaired) electrons. The fourth-order valence-corrected chi connectivity index (χ4v) is 4.23. The van der Waals surface area contributed by atoms with E-state index in [2.05, 4.69) is 33.8 Å². The van der Waals surface area contributed by atoms with Crippen LogP contribution in [0.15, 0.2) is 78.2 Å². The first kappa shape index (κ1) is 25.8. The van der Waals surface area contributed by atoms with Crippen LogP contribution in [0.4, 0.5) is 0 Å². The third kappa shape index (κ3) is 5.78. The average Bonchev–Trinajstić information content (AvgIpc) is 2.87. The zero-order chi connectivity index (χ0) is 26.6. The second kappa shape index (κ2) is 10.8. The van der Waals surface area contributed by atoms with Gasteiger partial charge in [0.05, 0.1) is 18.1 Å². The Bertz CT molecular complexity index is 1360. The molecule has 0 bridgehead atoms. The quantitative estimate of drug-likeness (QED) is 0.225. The van der Waals surface area contributed by atoms with Gasteiger partial charge in [0.25, 0.3) is 0 Å². The molecule has 1 aliphatic rings. The van der Waals surface area contributed by atoms with Gasteiger partial charge in [-0.05, 0) is 53.3 Å². The Hall–Kier alpha value is -4.24. The predicted octanol–water partition coefficient (Wildman–Crippen LogP) is 6.60. The first-order chi connectivity index (χ1) is 17.7. The van der Waals surface area contributed by atoms with Crippen molar-refractivity contribution in [3.05, 3.63) is 100 Å². The smallest absolute Gasteiger partial charge is 0.343 e. The van der Waals surface area contributed by atoms with E-state index in [4.69, 9.17) is 19.9 Å². The van der Waals surface area contributed by atoms with Crippen molar-refractivity contribution in [2.24, 2.45) is 5.73 Å². The van der Waals surface area contributed by atoms with Gasteiger partial charge in [0.15, 0.2) is 0 Å². The minimum Gasteiger partial charge on any atom is -0.494 e. The molecule has 37 heavy (non-hydrogen) atoms. The van der Waals surface area contributed by atoms with Gasteiger partial charge in [0, 0.05) is 11.6 Å². The van der Waals surface area contributed by atoms with Gasteiger partial charge in [-0.2, -0.15) is 5.26 Å². The summed E-state index contributed by atoms with van der Waals surface area (Å²) >= 11 is 0. The monoisotopic (exact) mass is 496 g/mol. The van der Waals surface area contributed by atoms with Crippen molar-refractivity contribution in [2.45, 2.75) is 51.9 Å². The maximum absolute atomic E-state index is 12.8. The standard InChI is InChI=1S/C31H32N2O4/c1-5-6-16-35-23-9-7-8-21(17-23)28-25-15-14-24(18-27(25)37-29(33)26(28)19-32)36-30(34)20-10-12-22(13-11-20)31(2,3)4/h7-15,17-18,28H,5-6,16,33H2,1-4H3. The van der Waals surface area contributed by atoms with Crippen LogP contribution in [-0.2, 0) is 5.41 Å². The molecule has 6 nitrogen and oxygen atoms in total. The Kier molecular flexibility index (Phi) is 7.54. The summed E-state index contributed by atoms with van der Waals surface area (Å²) in [4.78, 5) is 12.8. The molecule has 1 aliphatic heterocycles. The number of fused-ring (bicyclic) bond motifs is 1. The molecule has 3 aromatic rings. The molecule has 0 aliphatic carbocycles. The van der Waals surface area contributed by atoms with E-state index in [1.165, 1.54) is 0 Å². The van der Waals surface area contributed by atoms with Crippen LogP contribution >= 0.6 is 0 Å². The summed E-state index contributed by atoms with van der Waals surface area (Å²) in [6.07, 6.45) is 2.00. The fourth-order valence-electron chi connectivity index (χ4n) is 4.23. The Balaban J connectivity index is 1.60. The summed E-state index contributed by atoms with van der Waals surface area (Å²) < 4.78 is 17.3. The van der Waals surface area contributed by atoms with Gasteiger partial charge < -0.3 is 19.9 Å². The van der Waals surface area contributed by atoms with Crippen LogP contribution in [-0.4, -0.2) is 12.6 Å². The Labute approximate surface area is 218 Å².